The molecular weight excluding hydrogens is 220 g/mol. The molecule has 86 valence electrons. The summed E-state index contributed by atoms with van der Waals surface area (Å²) >= 11 is 0. The molecule has 0 bridgehead atoms. The Balaban J connectivity index is 1.91. The van der Waals surface area contributed by atoms with E-state index in [2.05, 4.69) is 5.32 Å². The van der Waals surface area contributed by atoms with Crippen LogP contribution in [0.5, 0.6) is 5.75 Å². The van der Waals surface area contributed by atoms with Gasteiger partial charge in [-0.05, 0) is 0 Å². The number of halogens is 2. The summed E-state index contributed by atoms with van der Waals surface area (Å²) in [6.07, 6.45) is -0.946. The van der Waals surface area contributed by atoms with Crippen molar-refractivity contribution in [2.75, 3.05) is 13.2 Å². The highest BCUT2D eigenvalue weighted by Crippen LogP contribution is 2.16. The Hall–Kier alpha value is -1.85. The van der Waals surface area contributed by atoms with Gasteiger partial charge in [0, 0.05) is 18.2 Å². The predicted octanol–water partition coefficient (Wildman–Crippen LogP) is 1.45. The molecule has 0 spiro atoms. The first kappa shape index (κ1) is 10.7. The summed E-state index contributed by atoms with van der Waals surface area (Å²) in [6.45, 7) is 0.387. The first-order valence-corrected chi connectivity index (χ1v) is 4.67. The maximum Gasteiger partial charge on any atom is 0.407 e. The molecular formula is C10H9F2NO3. The molecule has 2 rings (SSSR count). The first-order chi connectivity index (χ1) is 7.63. The summed E-state index contributed by atoms with van der Waals surface area (Å²) in [5, 5.41) is 2.44. The second-order valence-electron chi connectivity index (χ2n) is 3.32. The number of carbonyl (C=O) groups excluding carboxylic acids is 1. The lowest BCUT2D eigenvalue weighted by atomic mass is 10.3. The van der Waals surface area contributed by atoms with E-state index in [1.807, 2.05) is 0 Å². The molecule has 1 heterocycles. The molecule has 1 aromatic carbocycles. The number of carbonyl (C=O) groups is 1. The van der Waals surface area contributed by atoms with E-state index in [1.165, 1.54) is 0 Å². The molecule has 1 amide bonds. The standard InChI is InChI=1S/C10H9F2NO3/c11-6-1-7(12)3-8(2-6)15-5-9-4-13-10(14)16-9/h1-3,9H,4-5H2,(H,13,14)/t9-/m1/s1. The zero-order valence-electron chi connectivity index (χ0n) is 8.20. The Bertz CT molecular complexity index is 391. The number of benzene rings is 1. The van der Waals surface area contributed by atoms with Crippen molar-refractivity contribution >= 4 is 6.09 Å². The van der Waals surface area contributed by atoms with E-state index in [0.717, 1.165) is 18.2 Å². The fourth-order valence-electron chi connectivity index (χ4n) is 1.33. The van der Waals surface area contributed by atoms with Crippen LogP contribution in [0.15, 0.2) is 18.2 Å². The van der Waals surface area contributed by atoms with Crippen molar-refractivity contribution in [3.05, 3.63) is 29.8 Å². The topological polar surface area (TPSA) is 47.6 Å². The molecule has 1 aliphatic rings. The first-order valence-electron chi connectivity index (χ1n) is 4.67. The molecule has 1 saturated heterocycles. The zero-order chi connectivity index (χ0) is 11.5. The van der Waals surface area contributed by atoms with Crippen molar-refractivity contribution in [1.29, 1.82) is 0 Å². The molecule has 1 atom stereocenters. The third kappa shape index (κ3) is 2.59. The van der Waals surface area contributed by atoms with Gasteiger partial charge in [-0.15, -0.1) is 0 Å². The summed E-state index contributed by atoms with van der Waals surface area (Å²) in [4.78, 5) is 10.7. The average molecular weight is 229 g/mol. The monoisotopic (exact) mass is 229 g/mol. The van der Waals surface area contributed by atoms with Crippen molar-refractivity contribution in [3.63, 3.8) is 0 Å². The van der Waals surface area contributed by atoms with Gasteiger partial charge in [-0.2, -0.15) is 0 Å². The molecule has 0 aliphatic carbocycles. The molecule has 4 nitrogen and oxygen atoms in total. The lowest BCUT2D eigenvalue weighted by Crippen LogP contribution is -2.22. The smallest absolute Gasteiger partial charge is 0.407 e. The van der Waals surface area contributed by atoms with Gasteiger partial charge in [0.25, 0.3) is 0 Å². The minimum atomic E-state index is -0.712. The predicted molar refractivity (Wildman–Crippen MR) is 50.1 cm³/mol. The maximum absolute atomic E-state index is 12.8. The summed E-state index contributed by atoms with van der Waals surface area (Å²) < 4.78 is 35.4. The Kier molecular flexibility index (Phi) is 2.89. The minimum absolute atomic E-state index is 0.0572. The Labute approximate surface area is 90.2 Å². The maximum atomic E-state index is 12.8. The second kappa shape index (κ2) is 4.34. The number of ether oxygens (including phenoxy) is 2. The quantitative estimate of drug-likeness (QED) is 0.853. The molecule has 16 heavy (non-hydrogen) atoms. The number of cyclic esters (lactones) is 1. The molecule has 0 unspecified atom stereocenters. The molecule has 0 radical (unpaired) electrons. The van der Waals surface area contributed by atoms with E-state index < -0.39 is 23.8 Å². The highest BCUT2D eigenvalue weighted by Gasteiger charge is 2.22. The molecule has 1 aromatic rings. The molecule has 6 heteroatoms. The van der Waals surface area contributed by atoms with E-state index >= 15 is 0 Å². The zero-order valence-corrected chi connectivity index (χ0v) is 8.20. The van der Waals surface area contributed by atoms with Crippen LogP contribution >= 0.6 is 0 Å². The fraction of sp³-hybridized carbons (Fsp3) is 0.300. The number of nitrogens with one attached hydrogen (secondary N) is 1. The van der Waals surface area contributed by atoms with E-state index in [4.69, 9.17) is 9.47 Å². The Morgan fingerprint density at radius 1 is 1.38 bits per heavy atom. The van der Waals surface area contributed by atoms with Gasteiger partial charge < -0.3 is 14.8 Å². The number of hydrogen-bond donors (Lipinski definition) is 1. The van der Waals surface area contributed by atoms with Gasteiger partial charge in [-0.3, -0.25) is 0 Å². The number of rotatable bonds is 3. The number of alkyl carbamates (subject to hydrolysis) is 1. The van der Waals surface area contributed by atoms with Crippen molar-refractivity contribution < 1.29 is 23.0 Å². The van der Waals surface area contributed by atoms with Crippen LogP contribution < -0.4 is 10.1 Å². The van der Waals surface area contributed by atoms with Crippen LogP contribution in [0.1, 0.15) is 0 Å². The summed E-state index contributed by atoms with van der Waals surface area (Å²) in [7, 11) is 0. The van der Waals surface area contributed by atoms with Crippen LogP contribution in [0.3, 0.4) is 0 Å². The van der Waals surface area contributed by atoms with E-state index in [-0.39, 0.29) is 12.4 Å². The second-order valence-corrected chi connectivity index (χ2v) is 3.32. The van der Waals surface area contributed by atoms with Gasteiger partial charge in [0.05, 0.1) is 6.54 Å². The lowest BCUT2D eigenvalue weighted by molar-refractivity contribution is 0.104. The minimum Gasteiger partial charge on any atom is -0.489 e. The normalized spacial score (nSPS) is 19.1. The van der Waals surface area contributed by atoms with Crippen LogP contribution in [-0.2, 0) is 4.74 Å². The van der Waals surface area contributed by atoms with Crippen molar-refractivity contribution in [2.24, 2.45) is 0 Å². The van der Waals surface area contributed by atoms with E-state index in [1.54, 1.807) is 0 Å². The third-order valence-corrected chi connectivity index (χ3v) is 2.02. The van der Waals surface area contributed by atoms with Gasteiger partial charge >= 0.3 is 6.09 Å². The van der Waals surface area contributed by atoms with E-state index in [9.17, 15) is 13.6 Å². The van der Waals surface area contributed by atoms with Gasteiger partial charge in [0.15, 0.2) is 6.10 Å². The fourth-order valence-corrected chi connectivity index (χ4v) is 1.33. The molecule has 1 fully saturated rings. The SMILES string of the molecule is O=C1NC[C@H](COc2cc(F)cc(F)c2)O1. The summed E-state index contributed by atoms with van der Waals surface area (Å²) in [6, 6.07) is 2.88. The summed E-state index contributed by atoms with van der Waals surface area (Å²) in [5.41, 5.74) is 0. The van der Waals surface area contributed by atoms with Crippen LogP contribution in [0.25, 0.3) is 0 Å². The molecule has 0 saturated carbocycles. The van der Waals surface area contributed by atoms with Crippen molar-refractivity contribution in [2.45, 2.75) is 6.10 Å². The molecule has 1 N–H and O–H groups in total. The molecule has 1 aliphatic heterocycles. The molecule has 0 aromatic heterocycles. The average Bonchev–Trinajstić information content (AvgIpc) is 2.60. The number of hydrogen-bond acceptors (Lipinski definition) is 3. The van der Waals surface area contributed by atoms with Crippen LogP contribution in [-0.4, -0.2) is 25.3 Å². The highest BCUT2D eigenvalue weighted by molar-refractivity contribution is 5.69. The van der Waals surface area contributed by atoms with Crippen LogP contribution in [0, 0.1) is 11.6 Å². The Morgan fingerprint density at radius 3 is 2.62 bits per heavy atom. The lowest BCUT2D eigenvalue weighted by Gasteiger charge is -2.10. The largest absolute Gasteiger partial charge is 0.489 e. The van der Waals surface area contributed by atoms with Gasteiger partial charge in [0.1, 0.15) is 24.0 Å². The Morgan fingerprint density at radius 2 is 2.06 bits per heavy atom. The number of amides is 1. The van der Waals surface area contributed by atoms with Crippen LogP contribution in [0.2, 0.25) is 0 Å². The summed E-state index contributed by atoms with van der Waals surface area (Å²) in [5.74, 6) is -1.35. The van der Waals surface area contributed by atoms with Gasteiger partial charge in [-0.25, -0.2) is 13.6 Å². The van der Waals surface area contributed by atoms with Crippen LogP contribution in [0.4, 0.5) is 13.6 Å². The van der Waals surface area contributed by atoms with Crippen molar-refractivity contribution in [3.8, 4) is 5.75 Å². The van der Waals surface area contributed by atoms with Gasteiger partial charge in [-0.1, -0.05) is 0 Å². The van der Waals surface area contributed by atoms with Crippen molar-refractivity contribution in [1.82, 2.24) is 5.32 Å². The van der Waals surface area contributed by atoms with E-state index in [0.29, 0.717) is 6.54 Å². The third-order valence-electron chi connectivity index (χ3n) is 2.02. The van der Waals surface area contributed by atoms with Gasteiger partial charge in [0.2, 0.25) is 0 Å². The highest BCUT2D eigenvalue weighted by atomic mass is 19.1.